The van der Waals surface area contributed by atoms with E-state index in [1.165, 1.54) is 6.92 Å². The number of aryl methyl sites for hydroxylation is 1. The second-order valence-corrected chi connectivity index (χ2v) is 7.13. The van der Waals surface area contributed by atoms with Crippen LogP contribution in [0.2, 0.25) is 0 Å². The van der Waals surface area contributed by atoms with Gasteiger partial charge in [-0.25, -0.2) is 0 Å². The van der Waals surface area contributed by atoms with E-state index in [0.29, 0.717) is 17.5 Å². The van der Waals surface area contributed by atoms with Gasteiger partial charge in [-0.05, 0) is 51.3 Å². The smallest absolute Gasteiger partial charge is 0.201 e. The van der Waals surface area contributed by atoms with Crippen molar-refractivity contribution < 1.29 is 24.6 Å². The first-order chi connectivity index (χ1) is 11.6. The molecule has 0 aromatic heterocycles. The van der Waals surface area contributed by atoms with Gasteiger partial charge >= 0.3 is 0 Å². The molecule has 0 aliphatic heterocycles. The molecule has 3 rings (SSSR count). The van der Waals surface area contributed by atoms with E-state index in [9.17, 15) is 24.6 Å². The summed E-state index contributed by atoms with van der Waals surface area (Å²) in [7, 11) is 0. The van der Waals surface area contributed by atoms with E-state index in [1.807, 2.05) is 6.92 Å². The van der Waals surface area contributed by atoms with Gasteiger partial charge in [-0.3, -0.25) is 14.4 Å². The molecule has 2 N–H and O–H groups in total. The van der Waals surface area contributed by atoms with Gasteiger partial charge in [0.1, 0.15) is 11.5 Å². The number of benzene rings is 1. The average Bonchev–Trinajstić information content (AvgIpc) is 2.54. The Morgan fingerprint density at radius 3 is 2.16 bits per heavy atom. The van der Waals surface area contributed by atoms with Crippen molar-refractivity contribution in [1.82, 2.24) is 0 Å². The van der Waals surface area contributed by atoms with E-state index in [4.69, 9.17) is 0 Å². The van der Waals surface area contributed by atoms with Crippen LogP contribution in [0.4, 0.5) is 0 Å². The van der Waals surface area contributed by atoms with Gasteiger partial charge in [0.05, 0.1) is 16.6 Å². The Morgan fingerprint density at radius 1 is 1.00 bits per heavy atom. The van der Waals surface area contributed by atoms with E-state index in [-0.39, 0.29) is 39.4 Å². The van der Waals surface area contributed by atoms with Gasteiger partial charge < -0.3 is 10.2 Å². The number of aliphatic hydroxyl groups is 1. The van der Waals surface area contributed by atoms with Crippen molar-refractivity contribution in [2.75, 3.05) is 0 Å². The molecular weight excluding hydrogens is 320 g/mol. The summed E-state index contributed by atoms with van der Waals surface area (Å²) in [6, 6.07) is 1.58. The number of allylic oxidation sites excluding steroid dienone is 3. The maximum Gasteiger partial charge on any atom is 0.201 e. The Bertz CT molecular complexity index is 941. The molecule has 2 aliphatic carbocycles. The fraction of sp³-hybridized carbons (Fsp3) is 0.350. The first kappa shape index (κ1) is 17.1. The van der Waals surface area contributed by atoms with Crippen molar-refractivity contribution >= 4 is 17.3 Å². The van der Waals surface area contributed by atoms with Gasteiger partial charge in [-0.1, -0.05) is 6.92 Å². The van der Waals surface area contributed by atoms with Gasteiger partial charge in [-0.15, -0.1) is 0 Å². The molecule has 0 radical (unpaired) electrons. The Morgan fingerprint density at radius 2 is 1.60 bits per heavy atom. The van der Waals surface area contributed by atoms with Crippen molar-refractivity contribution in [3.63, 3.8) is 0 Å². The topological polar surface area (TPSA) is 91.7 Å². The number of aromatic hydroxyl groups is 1. The SMILES string of the molecule is CCc1c(C)cc2c(c1O)C(=O)C1=C(C2=O)C(C)(C)C(O)=C(C)C1=O. The number of ketones is 3. The predicted octanol–water partition coefficient (Wildman–Crippen LogP) is 3.38. The van der Waals surface area contributed by atoms with Gasteiger partial charge in [-0.2, -0.15) is 0 Å². The highest BCUT2D eigenvalue weighted by Crippen LogP contribution is 2.48. The second-order valence-electron chi connectivity index (χ2n) is 7.13. The molecule has 5 nitrogen and oxygen atoms in total. The minimum absolute atomic E-state index is 0.00106. The van der Waals surface area contributed by atoms with Crippen LogP contribution >= 0.6 is 0 Å². The molecule has 1 aromatic rings. The molecule has 0 bridgehead atoms. The standard InChI is InChI=1S/C20H20O5/c1-6-10-8(2)7-11-12(16(10)22)18(24)13-14(17(11)23)20(4,5)19(25)9(3)15(13)21/h7,22,25H,6H2,1-5H3. The highest BCUT2D eigenvalue weighted by Gasteiger charge is 2.49. The third-order valence-electron chi connectivity index (χ3n) is 5.30. The van der Waals surface area contributed by atoms with E-state index >= 15 is 0 Å². The third kappa shape index (κ3) is 1.98. The molecule has 25 heavy (non-hydrogen) atoms. The highest BCUT2D eigenvalue weighted by atomic mass is 16.3. The maximum atomic E-state index is 13.1. The van der Waals surface area contributed by atoms with Crippen molar-refractivity contribution in [1.29, 1.82) is 0 Å². The number of aliphatic hydroxyl groups excluding tert-OH is 1. The van der Waals surface area contributed by atoms with E-state index < -0.39 is 22.8 Å². The molecule has 0 amide bonds. The Hall–Kier alpha value is -2.69. The number of rotatable bonds is 1. The molecule has 5 heteroatoms. The minimum atomic E-state index is -1.15. The number of carbonyl (C=O) groups excluding carboxylic acids is 3. The van der Waals surface area contributed by atoms with Crippen molar-refractivity contribution in [2.24, 2.45) is 5.41 Å². The maximum absolute atomic E-state index is 13.1. The van der Waals surface area contributed by atoms with E-state index in [0.717, 1.165) is 0 Å². The molecule has 0 unspecified atom stereocenters. The van der Waals surface area contributed by atoms with Gasteiger partial charge in [0.15, 0.2) is 11.6 Å². The lowest BCUT2D eigenvalue weighted by Crippen LogP contribution is -2.39. The lowest BCUT2D eigenvalue weighted by atomic mass is 9.65. The first-order valence-electron chi connectivity index (χ1n) is 8.20. The largest absolute Gasteiger partial charge is 0.511 e. The molecule has 0 saturated carbocycles. The van der Waals surface area contributed by atoms with E-state index in [2.05, 4.69) is 0 Å². The number of fused-ring (bicyclic) bond motifs is 1. The van der Waals surface area contributed by atoms with Gasteiger partial charge in [0.2, 0.25) is 5.78 Å². The van der Waals surface area contributed by atoms with E-state index in [1.54, 1.807) is 26.8 Å². The van der Waals surface area contributed by atoms with Gasteiger partial charge in [0, 0.05) is 16.7 Å². The number of carbonyl (C=O) groups is 3. The lowest BCUT2D eigenvalue weighted by molar-refractivity contribution is -0.112. The monoisotopic (exact) mass is 340 g/mol. The van der Waals surface area contributed by atoms with Crippen LogP contribution in [0.3, 0.4) is 0 Å². The minimum Gasteiger partial charge on any atom is -0.511 e. The molecular formula is C20H20O5. The number of phenols is 1. The lowest BCUT2D eigenvalue weighted by Gasteiger charge is -2.36. The quantitative estimate of drug-likeness (QED) is 0.765. The van der Waals surface area contributed by atoms with Crippen molar-refractivity contribution in [2.45, 2.75) is 41.0 Å². The van der Waals surface area contributed by atoms with Crippen molar-refractivity contribution in [3.8, 4) is 5.75 Å². The number of hydrogen-bond donors (Lipinski definition) is 2. The first-order valence-corrected chi connectivity index (χ1v) is 8.20. The molecule has 2 aliphatic rings. The van der Waals surface area contributed by atoms with Crippen LogP contribution in [0.5, 0.6) is 5.75 Å². The second kappa shape index (κ2) is 5.15. The fourth-order valence-electron chi connectivity index (χ4n) is 3.88. The van der Waals surface area contributed by atoms with Crippen LogP contribution in [0.15, 0.2) is 28.5 Å². The normalized spacial score (nSPS) is 19.3. The zero-order valence-electron chi connectivity index (χ0n) is 14.9. The summed E-state index contributed by atoms with van der Waals surface area (Å²) in [6.45, 7) is 8.25. The zero-order valence-corrected chi connectivity index (χ0v) is 14.9. The van der Waals surface area contributed by atoms with Crippen LogP contribution in [-0.4, -0.2) is 27.6 Å². The Balaban J connectivity index is 2.39. The van der Waals surface area contributed by atoms with Crippen molar-refractivity contribution in [3.05, 3.63) is 50.8 Å². The summed E-state index contributed by atoms with van der Waals surface area (Å²) >= 11 is 0. The number of Topliss-reactive ketones (excluding diaryl/α,β-unsaturated/α-hetero) is 3. The Labute approximate surface area is 145 Å². The number of hydrogen-bond acceptors (Lipinski definition) is 5. The molecule has 0 spiro atoms. The summed E-state index contributed by atoms with van der Waals surface area (Å²) in [5.74, 6) is -2.24. The van der Waals surface area contributed by atoms with Crippen LogP contribution in [-0.2, 0) is 11.2 Å². The van der Waals surface area contributed by atoms with Crippen LogP contribution < -0.4 is 0 Å². The van der Waals surface area contributed by atoms with Crippen LogP contribution in [0, 0.1) is 12.3 Å². The fourth-order valence-corrected chi connectivity index (χ4v) is 3.88. The molecule has 0 saturated heterocycles. The van der Waals surface area contributed by atoms with Crippen LogP contribution in [0.1, 0.15) is 59.5 Å². The summed E-state index contributed by atoms with van der Waals surface area (Å²) < 4.78 is 0. The number of phenolic OH excluding ortho intramolecular Hbond substituents is 1. The summed E-state index contributed by atoms with van der Waals surface area (Å²) in [4.78, 5) is 38.8. The summed E-state index contributed by atoms with van der Waals surface area (Å²) in [6.07, 6.45) is 0.498. The highest BCUT2D eigenvalue weighted by molar-refractivity contribution is 6.41. The molecule has 1 aromatic carbocycles. The van der Waals surface area contributed by atoms with Gasteiger partial charge in [0.25, 0.3) is 0 Å². The summed E-state index contributed by atoms with van der Waals surface area (Å²) in [5, 5.41) is 20.9. The molecule has 0 atom stereocenters. The average molecular weight is 340 g/mol. The molecule has 0 fully saturated rings. The molecule has 130 valence electrons. The summed E-state index contributed by atoms with van der Waals surface area (Å²) in [5.41, 5.74) is -0.0593. The Kier molecular flexibility index (Phi) is 3.53. The van der Waals surface area contributed by atoms with Crippen LogP contribution in [0.25, 0.3) is 0 Å². The molecule has 0 heterocycles. The third-order valence-corrected chi connectivity index (χ3v) is 5.30. The predicted molar refractivity (Wildman–Crippen MR) is 92.0 cm³/mol. The zero-order chi connectivity index (χ0) is 18.8.